The van der Waals surface area contributed by atoms with E-state index in [2.05, 4.69) is 0 Å². The molecule has 86 valence electrons. The van der Waals surface area contributed by atoms with Gasteiger partial charge in [0, 0.05) is 26.0 Å². The van der Waals surface area contributed by atoms with Crippen molar-refractivity contribution in [1.82, 2.24) is 0 Å². The second-order valence-corrected chi connectivity index (χ2v) is 3.68. The van der Waals surface area contributed by atoms with Gasteiger partial charge >= 0.3 is 0 Å². The van der Waals surface area contributed by atoms with Crippen LogP contribution in [0.4, 0.5) is 8.78 Å². The number of rotatable bonds is 3. The zero-order chi connectivity index (χ0) is 9.95. The smallest absolute Gasteiger partial charge is 0.248 e. The molecule has 0 unspecified atom stereocenters. The molecule has 1 fully saturated rings. The molecule has 0 radical (unpaired) electrons. The third-order valence-electron chi connectivity index (χ3n) is 2.72. The van der Waals surface area contributed by atoms with Gasteiger partial charge in [0.2, 0.25) is 5.92 Å². The van der Waals surface area contributed by atoms with Crippen molar-refractivity contribution in [2.75, 3.05) is 13.2 Å². The van der Waals surface area contributed by atoms with Crippen LogP contribution in [0.5, 0.6) is 0 Å². The molecule has 0 aromatic carbocycles. The molecule has 0 aromatic heterocycles. The van der Waals surface area contributed by atoms with Gasteiger partial charge < -0.3 is 10.5 Å². The van der Waals surface area contributed by atoms with Crippen LogP contribution in [-0.4, -0.2) is 24.7 Å². The molecule has 1 saturated carbocycles. The fourth-order valence-electron chi connectivity index (χ4n) is 1.78. The monoisotopic (exact) mass is 229 g/mol. The van der Waals surface area contributed by atoms with E-state index in [1.54, 1.807) is 0 Å². The van der Waals surface area contributed by atoms with Gasteiger partial charge in [-0.15, -0.1) is 12.4 Å². The Hall–Kier alpha value is 0.0700. The SMILES string of the molecule is CCOC1(CN)CCC(F)(F)CC1.Cl. The van der Waals surface area contributed by atoms with Crippen LogP contribution in [0.15, 0.2) is 0 Å². The average Bonchev–Trinajstić information content (AvgIpc) is 2.10. The van der Waals surface area contributed by atoms with E-state index >= 15 is 0 Å². The second kappa shape index (κ2) is 5.24. The molecule has 1 aliphatic rings. The fourth-order valence-corrected chi connectivity index (χ4v) is 1.78. The normalized spacial score (nSPS) is 24.0. The van der Waals surface area contributed by atoms with Gasteiger partial charge in [-0.25, -0.2) is 8.78 Å². The van der Waals surface area contributed by atoms with Gasteiger partial charge in [0.25, 0.3) is 0 Å². The first kappa shape index (κ1) is 14.1. The Labute approximate surface area is 89.6 Å². The van der Waals surface area contributed by atoms with E-state index in [-0.39, 0.29) is 25.2 Å². The van der Waals surface area contributed by atoms with Crippen LogP contribution in [0.2, 0.25) is 0 Å². The van der Waals surface area contributed by atoms with Crippen molar-refractivity contribution in [3.05, 3.63) is 0 Å². The molecule has 0 amide bonds. The minimum atomic E-state index is -2.50. The summed E-state index contributed by atoms with van der Waals surface area (Å²) >= 11 is 0. The number of halogens is 3. The van der Waals surface area contributed by atoms with Crippen LogP contribution in [0, 0.1) is 0 Å². The predicted octanol–water partition coefficient (Wildman–Crippen LogP) is 2.35. The van der Waals surface area contributed by atoms with Crippen LogP contribution >= 0.6 is 12.4 Å². The fraction of sp³-hybridized carbons (Fsp3) is 1.00. The second-order valence-electron chi connectivity index (χ2n) is 3.68. The zero-order valence-electron chi connectivity index (χ0n) is 8.39. The van der Waals surface area contributed by atoms with Crippen molar-refractivity contribution < 1.29 is 13.5 Å². The standard InChI is InChI=1S/C9H17F2NO.ClH/c1-2-13-8(7-12)3-5-9(10,11)6-4-8;/h2-7,12H2,1H3;1H. The van der Waals surface area contributed by atoms with Gasteiger partial charge in [0.05, 0.1) is 5.60 Å². The predicted molar refractivity (Wildman–Crippen MR) is 54.1 cm³/mol. The summed E-state index contributed by atoms with van der Waals surface area (Å²) < 4.78 is 31.1. The first-order valence-corrected chi connectivity index (χ1v) is 4.75. The molecule has 2 N–H and O–H groups in total. The molecule has 0 aromatic rings. The summed E-state index contributed by atoms with van der Waals surface area (Å²) in [6.07, 6.45) is 0.573. The Morgan fingerprint density at radius 1 is 1.21 bits per heavy atom. The molecular formula is C9H18ClF2NO. The van der Waals surface area contributed by atoms with Gasteiger partial charge in [0.15, 0.2) is 0 Å². The molecule has 2 nitrogen and oxygen atoms in total. The first-order valence-electron chi connectivity index (χ1n) is 4.75. The minimum Gasteiger partial charge on any atom is -0.374 e. The number of ether oxygens (including phenoxy) is 1. The van der Waals surface area contributed by atoms with Crippen LogP contribution in [-0.2, 0) is 4.74 Å². The summed E-state index contributed by atoms with van der Waals surface area (Å²) in [4.78, 5) is 0. The van der Waals surface area contributed by atoms with E-state index in [0.29, 0.717) is 26.0 Å². The molecule has 14 heavy (non-hydrogen) atoms. The van der Waals surface area contributed by atoms with Gasteiger partial charge in [-0.1, -0.05) is 0 Å². The Kier molecular flexibility index (Phi) is 5.26. The lowest BCUT2D eigenvalue weighted by Gasteiger charge is -2.38. The summed E-state index contributed by atoms with van der Waals surface area (Å²) in [6, 6.07) is 0. The third kappa shape index (κ3) is 3.33. The third-order valence-corrected chi connectivity index (χ3v) is 2.72. The molecule has 0 saturated heterocycles. The van der Waals surface area contributed by atoms with Crippen molar-refractivity contribution in [2.45, 2.75) is 44.1 Å². The van der Waals surface area contributed by atoms with E-state index < -0.39 is 11.5 Å². The summed E-state index contributed by atoms with van der Waals surface area (Å²) in [6.45, 7) is 2.75. The lowest BCUT2D eigenvalue weighted by Crippen LogP contribution is -2.46. The Balaban J connectivity index is 0.00000169. The quantitative estimate of drug-likeness (QED) is 0.807. The highest BCUT2D eigenvalue weighted by molar-refractivity contribution is 5.85. The van der Waals surface area contributed by atoms with Crippen molar-refractivity contribution in [2.24, 2.45) is 5.73 Å². The van der Waals surface area contributed by atoms with E-state index in [1.807, 2.05) is 6.92 Å². The highest BCUT2D eigenvalue weighted by atomic mass is 35.5. The maximum absolute atomic E-state index is 12.8. The largest absolute Gasteiger partial charge is 0.374 e. The van der Waals surface area contributed by atoms with Gasteiger partial charge in [-0.3, -0.25) is 0 Å². The van der Waals surface area contributed by atoms with Crippen LogP contribution in [0.1, 0.15) is 32.6 Å². The van der Waals surface area contributed by atoms with E-state index in [0.717, 1.165) is 0 Å². The Bertz CT molecular complexity index is 168. The molecule has 5 heteroatoms. The lowest BCUT2D eigenvalue weighted by molar-refractivity contribution is -0.125. The lowest BCUT2D eigenvalue weighted by atomic mass is 9.82. The molecule has 0 aliphatic heterocycles. The van der Waals surface area contributed by atoms with Crippen molar-refractivity contribution in [1.29, 1.82) is 0 Å². The maximum atomic E-state index is 12.8. The summed E-state index contributed by atoms with van der Waals surface area (Å²) in [5.74, 6) is -2.50. The Morgan fingerprint density at radius 3 is 2.07 bits per heavy atom. The van der Waals surface area contributed by atoms with Crippen molar-refractivity contribution in [3.63, 3.8) is 0 Å². The van der Waals surface area contributed by atoms with Crippen molar-refractivity contribution >= 4 is 12.4 Å². The summed E-state index contributed by atoms with van der Waals surface area (Å²) in [7, 11) is 0. The molecule has 0 atom stereocenters. The first-order chi connectivity index (χ1) is 6.04. The van der Waals surface area contributed by atoms with Crippen molar-refractivity contribution in [3.8, 4) is 0 Å². The molecule has 1 rings (SSSR count). The topological polar surface area (TPSA) is 35.2 Å². The molecule has 0 bridgehead atoms. The van der Waals surface area contributed by atoms with E-state index in [1.165, 1.54) is 0 Å². The summed E-state index contributed by atoms with van der Waals surface area (Å²) in [5, 5.41) is 0. The minimum absolute atomic E-state index is 0. The van der Waals surface area contributed by atoms with Gasteiger partial charge in [0.1, 0.15) is 0 Å². The molecule has 1 aliphatic carbocycles. The number of hydrogen-bond acceptors (Lipinski definition) is 2. The number of hydrogen-bond donors (Lipinski definition) is 1. The average molecular weight is 230 g/mol. The molecule has 0 heterocycles. The zero-order valence-corrected chi connectivity index (χ0v) is 9.21. The highest BCUT2D eigenvalue weighted by Gasteiger charge is 2.43. The van der Waals surface area contributed by atoms with Gasteiger partial charge in [-0.05, 0) is 19.8 Å². The Morgan fingerprint density at radius 2 is 1.71 bits per heavy atom. The highest BCUT2D eigenvalue weighted by Crippen LogP contribution is 2.39. The number of alkyl halides is 2. The van der Waals surface area contributed by atoms with Crippen LogP contribution in [0.25, 0.3) is 0 Å². The maximum Gasteiger partial charge on any atom is 0.248 e. The number of nitrogens with two attached hydrogens (primary N) is 1. The van der Waals surface area contributed by atoms with E-state index in [9.17, 15) is 8.78 Å². The molecule has 0 spiro atoms. The summed E-state index contributed by atoms with van der Waals surface area (Å²) in [5.41, 5.74) is 5.07. The van der Waals surface area contributed by atoms with Crippen LogP contribution < -0.4 is 5.73 Å². The van der Waals surface area contributed by atoms with E-state index in [4.69, 9.17) is 10.5 Å². The molecular weight excluding hydrogens is 212 g/mol. The van der Waals surface area contributed by atoms with Crippen LogP contribution in [0.3, 0.4) is 0 Å². The van der Waals surface area contributed by atoms with Gasteiger partial charge in [-0.2, -0.15) is 0 Å².